The average molecular weight is 323 g/mol. The summed E-state index contributed by atoms with van der Waals surface area (Å²) in [5.74, 6) is 1.48. The molecule has 0 bridgehead atoms. The van der Waals surface area contributed by atoms with Gasteiger partial charge in [-0.15, -0.1) is 0 Å². The van der Waals surface area contributed by atoms with Crippen molar-refractivity contribution in [3.63, 3.8) is 0 Å². The van der Waals surface area contributed by atoms with Crippen LogP contribution in [0.5, 0.6) is 0 Å². The lowest BCUT2D eigenvalue weighted by molar-refractivity contribution is -0.131. The highest BCUT2D eigenvalue weighted by Gasteiger charge is 2.46. The Hall–Kier alpha value is -0.870. The highest BCUT2D eigenvalue weighted by molar-refractivity contribution is 9.10. The van der Waals surface area contributed by atoms with Crippen LogP contribution in [0.2, 0.25) is 0 Å². The number of carbonyl (C=O) groups is 1. The van der Waals surface area contributed by atoms with Gasteiger partial charge in [-0.05, 0) is 48.9 Å². The minimum Gasteiger partial charge on any atom is -0.342 e. The van der Waals surface area contributed by atoms with Gasteiger partial charge < -0.3 is 10.6 Å². The second-order valence-electron chi connectivity index (χ2n) is 5.67. The lowest BCUT2D eigenvalue weighted by atomic mass is 10.1. The number of amides is 1. The van der Waals surface area contributed by atoms with E-state index in [0.717, 1.165) is 30.4 Å². The van der Waals surface area contributed by atoms with E-state index in [0.29, 0.717) is 24.3 Å². The van der Waals surface area contributed by atoms with Crippen molar-refractivity contribution in [1.82, 2.24) is 4.90 Å². The Labute approximate surface area is 122 Å². The van der Waals surface area contributed by atoms with Crippen molar-refractivity contribution < 1.29 is 4.79 Å². The quantitative estimate of drug-likeness (QED) is 0.928. The summed E-state index contributed by atoms with van der Waals surface area (Å²) in [4.78, 5) is 14.4. The van der Waals surface area contributed by atoms with Crippen LogP contribution in [0.15, 0.2) is 28.7 Å². The number of rotatable bonds is 3. The molecule has 1 aliphatic carbocycles. The van der Waals surface area contributed by atoms with Crippen LogP contribution in [0.4, 0.5) is 0 Å². The molecule has 1 aliphatic heterocycles. The first kappa shape index (κ1) is 13.1. The van der Waals surface area contributed by atoms with E-state index in [-0.39, 0.29) is 5.92 Å². The summed E-state index contributed by atoms with van der Waals surface area (Å²) in [5, 5.41) is 0. The summed E-state index contributed by atoms with van der Waals surface area (Å²) < 4.78 is 1.09. The smallest absolute Gasteiger partial charge is 0.226 e. The van der Waals surface area contributed by atoms with Crippen molar-refractivity contribution in [3.8, 4) is 0 Å². The molecule has 2 aliphatic rings. The normalized spacial score (nSPS) is 29.6. The van der Waals surface area contributed by atoms with Gasteiger partial charge in [0.2, 0.25) is 5.91 Å². The van der Waals surface area contributed by atoms with E-state index < -0.39 is 0 Å². The van der Waals surface area contributed by atoms with Gasteiger partial charge in [-0.3, -0.25) is 4.79 Å². The van der Waals surface area contributed by atoms with Crippen LogP contribution in [0.1, 0.15) is 24.3 Å². The van der Waals surface area contributed by atoms with Gasteiger partial charge in [-0.2, -0.15) is 0 Å². The second-order valence-corrected chi connectivity index (χ2v) is 6.59. The van der Waals surface area contributed by atoms with E-state index in [1.54, 1.807) is 0 Å². The Bertz CT molecular complexity index is 474. The minimum absolute atomic E-state index is 0.206. The van der Waals surface area contributed by atoms with Gasteiger partial charge in [0.1, 0.15) is 0 Å². The molecule has 1 saturated heterocycles. The summed E-state index contributed by atoms with van der Waals surface area (Å²) in [5.41, 5.74) is 6.97. The molecule has 0 radical (unpaired) electrons. The van der Waals surface area contributed by atoms with Crippen LogP contribution >= 0.6 is 15.9 Å². The van der Waals surface area contributed by atoms with Crippen molar-refractivity contribution in [2.45, 2.75) is 18.8 Å². The maximum absolute atomic E-state index is 12.4. The topological polar surface area (TPSA) is 46.3 Å². The molecule has 0 aromatic heterocycles. The Morgan fingerprint density at radius 2 is 2.11 bits per heavy atom. The molecule has 0 unspecified atom stereocenters. The summed E-state index contributed by atoms with van der Waals surface area (Å²) in [6.07, 6.45) is 2.07. The van der Waals surface area contributed by atoms with Crippen LogP contribution in [0, 0.1) is 11.8 Å². The van der Waals surface area contributed by atoms with Crippen molar-refractivity contribution in [2.24, 2.45) is 17.6 Å². The van der Waals surface area contributed by atoms with Crippen LogP contribution in [0.3, 0.4) is 0 Å². The fourth-order valence-electron chi connectivity index (χ4n) is 3.01. The van der Waals surface area contributed by atoms with Crippen molar-refractivity contribution in [2.75, 3.05) is 19.6 Å². The summed E-state index contributed by atoms with van der Waals surface area (Å²) in [6.45, 7) is 2.45. The number of carbonyl (C=O) groups excluding carboxylic acids is 1. The maximum Gasteiger partial charge on any atom is 0.226 e. The number of nitrogens with zero attached hydrogens (tertiary/aromatic N) is 1. The summed E-state index contributed by atoms with van der Waals surface area (Å²) in [7, 11) is 0. The van der Waals surface area contributed by atoms with Gasteiger partial charge in [0.25, 0.3) is 0 Å². The molecule has 2 fully saturated rings. The average Bonchev–Trinajstić information content (AvgIpc) is 3.07. The third-order valence-corrected chi connectivity index (χ3v) is 4.87. The van der Waals surface area contributed by atoms with E-state index in [2.05, 4.69) is 40.2 Å². The number of hydrogen-bond acceptors (Lipinski definition) is 2. The zero-order chi connectivity index (χ0) is 13.4. The molecule has 102 valence electrons. The van der Waals surface area contributed by atoms with Gasteiger partial charge in [0, 0.05) is 23.5 Å². The molecule has 1 aromatic rings. The Kier molecular flexibility index (Phi) is 3.63. The summed E-state index contributed by atoms with van der Waals surface area (Å²) >= 11 is 3.44. The molecule has 4 heteroatoms. The monoisotopic (exact) mass is 322 g/mol. The molecule has 1 saturated carbocycles. The van der Waals surface area contributed by atoms with Gasteiger partial charge in [0.05, 0.1) is 0 Å². The van der Waals surface area contributed by atoms with Gasteiger partial charge >= 0.3 is 0 Å². The highest BCUT2D eigenvalue weighted by Crippen LogP contribution is 2.49. The number of hydrogen-bond donors (Lipinski definition) is 1. The predicted octanol–water partition coefficient (Wildman–Crippen LogP) is 2.36. The number of halogens is 1. The van der Waals surface area contributed by atoms with Crippen molar-refractivity contribution >= 4 is 21.8 Å². The Morgan fingerprint density at radius 3 is 2.74 bits per heavy atom. The molecule has 3 atom stereocenters. The number of nitrogens with two attached hydrogens (primary N) is 1. The summed E-state index contributed by atoms with van der Waals surface area (Å²) in [6, 6.07) is 8.34. The molecule has 3 nitrogen and oxygen atoms in total. The van der Waals surface area contributed by atoms with E-state index in [4.69, 9.17) is 5.73 Å². The lowest BCUT2D eigenvalue weighted by Crippen LogP contribution is -2.31. The van der Waals surface area contributed by atoms with Gasteiger partial charge in [-0.25, -0.2) is 0 Å². The molecule has 19 heavy (non-hydrogen) atoms. The third kappa shape index (κ3) is 2.70. The first-order valence-electron chi connectivity index (χ1n) is 6.93. The molecule has 2 N–H and O–H groups in total. The zero-order valence-electron chi connectivity index (χ0n) is 10.9. The van der Waals surface area contributed by atoms with E-state index in [9.17, 15) is 4.79 Å². The van der Waals surface area contributed by atoms with E-state index >= 15 is 0 Å². The lowest BCUT2D eigenvalue weighted by Gasteiger charge is -2.16. The van der Waals surface area contributed by atoms with Gasteiger partial charge in [0.15, 0.2) is 0 Å². The Morgan fingerprint density at radius 1 is 1.37 bits per heavy atom. The molecule has 1 amide bonds. The maximum atomic E-state index is 12.4. The van der Waals surface area contributed by atoms with Crippen molar-refractivity contribution in [3.05, 3.63) is 34.3 Å². The molecular formula is C15H19BrN2O. The third-order valence-electron chi connectivity index (χ3n) is 4.34. The number of benzene rings is 1. The van der Waals surface area contributed by atoms with E-state index in [1.807, 2.05) is 4.90 Å². The highest BCUT2D eigenvalue weighted by atomic mass is 79.9. The first-order chi connectivity index (χ1) is 9.19. The largest absolute Gasteiger partial charge is 0.342 e. The molecule has 3 rings (SSSR count). The first-order valence-corrected chi connectivity index (χ1v) is 7.72. The standard InChI is InChI=1S/C15H19BrN2O/c16-12-3-1-11(2-4-12)13-7-14(13)15(19)18-6-5-10(8-17)9-18/h1-4,10,13-14H,5-9,17H2/t10-,13+,14-/m0/s1. The second kappa shape index (κ2) is 5.25. The molecule has 1 aromatic carbocycles. The predicted molar refractivity (Wildman–Crippen MR) is 78.7 cm³/mol. The van der Waals surface area contributed by atoms with Crippen LogP contribution in [-0.2, 0) is 4.79 Å². The van der Waals surface area contributed by atoms with Crippen molar-refractivity contribution in [1.29, 1.82) is 0 Å². The Balaban J connectivity index is 1.60. The van der Waals surface area contributed by atoms with Crippen LogP contribution < -0.4 is 5.73 Å². The molecule has 1 heterocycles. The molecule has 0 spiro atoms. The van der Waals surface area contributed by atoms with Crippen LogP contribution in [-0.4, -0.2) is 30.4 Å². The minimum atomic E-state index is 0.206. The van der Waals surface area contributed by atoms with Gasteiger partial charge in [-0.1, -0.05) is 28.1 Å². The SMILES string of the molecule is NC[C@@H]1CCN(C(=O)[C@H]2C[C@@H]2c2ccc(Br)cc2)C1. The van der Waals surface area contributed by atoms with E-state index in [1.165, 1.54) is 5.56 Å². The van der Waals surface area contributed by atoms with Crippen LogP contribution in [0.25, 0.3) is 0 Å². The molecular weight excluding hydrogens is 304 g/mol. The fraction of sp³-hybridized carbons (Fsp3) is 0.533. The fourth-order valence-corrected chi connectivity index (χ4v) is 3.27. The zero-order valence-corrected chi connectivity index (χ0v) is 12.5. The number of likely N-dealkylation sites (tertiary alicyclic amines) is 1.